The van der Waals surface area contributed by atoms with Gasteiger partial charge in [0.1, 0.15) is 23.2 Å². The zero-order valence-corrected chi connectivity index (χ0v) is 11.4. The monoisotopic (exact) mass is 261 g/mol. The van der Waals surface area contributed by atoms with Crippen molar-refractivity contribution in [3.8, 4) is 17.0 Å². The fourth-order valence-electron chi connectivity index (χ4n) is 2.00. The van der Waals surface area contributed by atoms with Crippen LogP contribution in [0.4, 0.5) is 10.2 Å². The summed E-state index contributed by atoms with van der Waals surface area (Å²) in [7, 11) is 3.35. The Labute approximate surface area is 111 Å². The van der Waals surface area contributed by atoms with Crippen molar-refractivity contribution in [1.29, 1.82) is 0 Å². The number of benzene rings is 1. The fraction of sp³-hybridized carbons (Fsp3) is 0.286. The molecule has 0 radical (unpaired) electrons. The van der Waals surface area contributed by atoms with Crippen molar-refractivity contribution in [2.45, 2.75) is 13.8 Å². The van der Waals surface area contributed by atoms with Crippen LogP contribution < -0.4 is 10.1 Å². The number of hydrogen-bond donors (Lipinski definition) is 1. The molecule has 0 aliphatic carbocycles. The average Bonchev–Trinajstić information content (AvgIpc) is 2.41. The van der Waals surface area contributed by atoms with Crippen LogP contribution in [0.15, 0.2) is 18.2 Å². The van der Waals surface area contributed by atoms with Crippen LogP contribution in [0, 0.1) is 19.7 Å². The molecule has 0 spiro atoms. The average molecular weight is 261 g/mol. The lowest BCUT2D eigenvalue weighted by atomic mass is 10.1. The molecule has 2 aromatic rings. The molecular weight excluding hydrogens is 245 g/mol. The van der Waals surface area contributed by atoms with Crippen molar-refractivity contribution < 1.29 is 9.13 Å². The summed E-state index contributed by atoms with van der Waals surface area (Å²) < 4.78 is 18.7. The van der Waals surface area contributed by atoms with Gasteiger partial charge < -0.3 is 10.1 Å². The van der Waals surface area contributed by atoms with E-state index >= 15 is 0 Å². The second-order valence-electron chi connectivity index (χ2n) is 4.19. The molecule has 1 heterocycles. The number of halogens is 1. The molecule has 0 amide bonds. The van der Waals surface area contributed by atoms with E-state index in [0.29, 0.717) is 22.8 Å². The van der Waals surface area contributed by atoms with Gasteiger partial charge in [-0.2, -0.15) is 0 Å². The predicted molar refractivity (Wildman–Crippen MR) is 73.0 cm³/mol. The number of aromatic nitrogens is 2. The van der Waals surface area contributed by atoms with E-state index in [1.807, 2.05) is 6.92 Å². The summed E-state index contributed by atoms with van der Waals surface area (Å²) in [4.78, 5) is 8.70. The van der Waals surface area contributed by atoms with Gasteiger partial charge in [0.2, 0.25) is 0 Å². The first kappa shape index (κ1) is 13.3. The molecule has 0 aliphatic heterocycles. The molecule has 1 N–H and O–H groups in total. The van der Waals surface area contributed by atoms with E-state index in [9.17, 15) is 4.39 Å². The third-order valence-corrected chi connectivity index (χ3v) is 2.91. The van der Waals surface area contributed by atoms with Crippen LogP contribution in [0.5, 0.6) is 5.75 Å². The van der Waals surface area contributed by atoms with Crippen LogP contribution in [-0.4, -0.2) is 24.1 Å². The maximum atomic E-state index is 13.5. The number of ether oxygens (including phenoxy) is 1. The van der Waals surface area contributed by atoms with E-state index < -0.39 is 0 Å². The highest BCUT2D eigenvalue weighted by molar-refractivity contribution is 5.73. The van der Waals surface area contributed by atoms with Crippen LogP contribution >= 0.6 is 0 Å². The first-order valence-electron chi connectivity index (χ1n) is 5.93. The molecule has 0 fully saturated rings. The van der Waals surface area contributed by atoms with E-state index in [-0.39, 0.29) is 5.82 Å². The summed E-state index contributed by atoms with van der Waals surface area (Å²) >= 11 is 0. The largest absolute Gasteiger partial charge is 0.496 e. The Balaban J connectivity index is 2.71. The molecule has 5 heteroatoms. The van der Waals surface area contributed by atoms with Crippen molar-refractivity contribution in [3.05, 3.63) is 35.4 Å². The molecule has 2 rings (SSSR count). The fourth-order valence-corrected chi connectivity index (χ4v) is 2.00. The maximum absolute atomic E-state index is 13.5. The molecule has 0 saturated heterocycles. The van der Waals surface area contributed by atoms with Crippen molar-refractivity contribution >= 4 is 5.82 Å². The smallest absolute Gasteiger partial charge is 0.132 e. The zero-order chi connectivity index (χ0) is 14.0. The van der Waals surface area contributed by atoms with Gasteiger partial charge in [-0.15, -0.1) is 0 Å². The number of rotatable bonds is 3. The van der Waals surface area contributed by atoms with Gasteiger partial charge >= 0.3 is 0 Å². The number of methoxy groups -OCH3 is 1. The van der Waals surface area contributed by atoms with E-state index in [2.05, 4.69) is 15.3 Å². The van der Waals surface area contributed by atoms with Gasteiger partial charge in [-0.3, -0.25) is 0 Å². The van der Waals surface area contributed by atoms with E-state index in [1.54, 1.807) is 27.1 Å². The normalized spacial score (nSPS) is 10.4. The molecule has 19 heavy (non-hydrogen) atoms. The Morgan fingerprint density at radius 3 is 2.58 bits per heavy atom. The van der Waals surface area contributed by atoms with Gasteiger partial charge in [-0.05, 0) is 32.0 Å². The third-order valence-electron chi connectivity index (χ3n) is 2.91. The quantitative estimate of drug-likeness (QED) is 0.922. The van der Waals surface area contributed by atoms with Crippen LogP contribution in [0.3, 0.4) is 0 Å². The Kier molecular flexibility index (Phi) is 3.64. The number of hydrogen-bond acceptors (Lipinski definition) is 4. The number of aryl methyl sites for hydroxylation is 1. The summed E-state index contributed by atoms with van der Waals surface area (Å²) in [5.74, 6) is 1.62. The number of nitrogens with zero attached hydrogens (tertiary/aromatic N) is 2. The maximum Gasteiger partial charge on any atom is 0.132 e. The van der Waals surface area contributed by atoms with Gasteiger partial charge in [-0.1, -0.05) is 0 Å². The Bertz CT molecular complexity index is 614. The molecule has 1 aromatic carbocycles. The molecule has 0 saturated carbocycles. The molecule has 0 aliphatic rings. The van der Waals surface area contributed by atoms with Crippen LogP contribution in [0.25, 0.3) is 11.3 Å². The lowest BCUT2D eigenvalue weighted by molar-refractivity contribution is 0.415. The molecule has 0 atom stereocenters. The van der Waals surface area contributed by atoms with Crippen LogP contribution in [0.2, 0.25) is 0 Å². The number of anilines is 1. The SMILES string of the molecule is CNc1nc(C)nc(-c2cc(F)ccc2OC)c1C. The van der Waals surface area contributed by atoms with Crippen molar-refractivity contribution in [2.75, 3.05) is 19.5 Å². The molecule has 100 valence electrons. The predicted octanol–water partition coefficient (Wildman–Crippen LogP) is 2.95. The summed E-state index contributed by atoms with van der Waals surface area (Å²) in [5, 5.41) is 3.01. The second-order valence-corrected chi connectivity index (χ2v) is 4.19. The first-order chi connectivity index (χ1) is 9.06. The van der Waals surface area contributed by atoms with Crippen molar-refractivity contribution in [2.24, 2.45) is 0 Å². The van der Waals surface area contributed by atoms with Gasteiger partial charge in [0.25, 0.3) is 0 Å². The molecule has 1 aromatic heterocycles. The van der Waals surface area contributed by atoms with Gasteiger partial charge in [-0.25, -0.2) is 14.4 Å². The lowest BCUT2D eigenvalue weighted by Gasteiger charge is -2.13. The molecule has 0 bridgehead atoms. The van der Waals surface area contributed by atoms with Gasteiger partial charge in [0, 0.05) is 18.2 Å². The molecule has 4 nitrogen and oxygen atoms in total. The topological polar surface area (TPSA) is 47.0 Å². The first-order valence-corrected chi connectivity index (χ1v) is 5.93. The minimum absolute atomic E-state index is 0.322. The van der Waals surface area contributed by atoms with Crippen molar-refractivity contribution in [3.63, 3.8) is 0 Å². The highest BCUT2D eigenvalue weighted by Crippen LogP contribution is 2.33. The number of nitrogens with one attached hydrogen (secondary N) is 1. The lowest BCUT2D eigenvalue weighted by Crippen LogP contribution is -2.03. The Hall–Kier alpha value is -2.17. The minimum atomic E-state index is -0.322. The van der Waals surface area contributed by atoms with E-state index in [1.165, 1.54) is 12.1 Å². The summed E-state index contributed by atoms with van der Waals surface area (Å²) in [6.45, 7) is 3.69. The summed E-state index contributed by atoms with van der Waals surface area (Å²) in [6.07, 6.45) is 0. The zero-order valence-electron chi connectivity index (χ0n) is 11.4. The van der Waals surface area contributed by atoms with Crippen LogP contribution in [0.1, 0.15) is 11.4 Å². The Morgan fingerprint density at radius 1 is 1.21 bits per heavy atom. The molecule has 0 unspecified atom stereocenters. The second kappa shape index (κ2) is 5.22. The van der Waals surface area contributed by atoms with Crippen molar-refractivity contribution in [1.82, 2.24) is 9.97 Å². The summed E-state index contributed by atoms with van der Waals surface area (Å²) in [5.41, 5.74) is 2.16. The molecular formula is C14H16FN3O. The van der Waals surface area contributed by atoms with Crippen LogP contribution in [-0.2, 0) is 0 Å². The van der Waals surface area contributed by atoms with E-state index in [4.69, 9.17) is 4.74 Å². The minimum Gasteiger partial charge on any atom is -0.496 e. The summed E-state index contributed by atoms with van der Waals surface area (Å²) in [6, 6.07) is 4.39. The highest BCUT2D eigenvalue weighted by Gasteiger charge is 2.15. The third kappa shape index (κ3) is 2.50. The standard InChI is InChI=1S/C14H16FN3O/c1-8-13(17-9(2)18-14(8)16-3)11-7-10(15)5-6-12(11)19-4/h5-7H,1-4H3,(H,16,17,18). The Morgan fingerprint density at radius 2 is 1.95 bits per heavy atom. The van der Waals surface area contributed by atoms with Gasteiger partial charge in [0.05, 0.1) is 12.8 Å². The van der Waals surface area contributed by atoms with E-state index in [0.717, 1.165) is 11.4 Å². The highest BCUT2D eigenvalue weighted by atomic mass is 19.1. The van der Waals surface area contributed by atoms with Gasteiger partial charge in [0.15, 0.2) is 0 Å².